The SMILES string of the molecule is O=C(NCc1cn(-c2ccccc2)c2cc(Cl)ccc2c1=O)Nc1ccc(C(=O)O)cc1. The first-order valence-corrected chi connectivity index (χ1v) is 10.1. The average Bonchev–Trinajstić information content (AvgIpc) is 2.79. The van der Waals surface area contributed by atoms with Gasteiger partial charge in [-0.2, -0.15) is 0 Å². The molecule has 1 heterocycles. The molecule has 0 aliphatic rings. The van der Waals surface area contributed by atoms with E-state index in [2.05, 4.69) is 10.6 Å². The Kier molecular flexibility index (Phi) is 5.91. The highest BCUT2D eigenvalue weighted by Gasteiger charge is 2.12. The van der Waals surface area contributed by atoms with E-state index in [0.717, 1.165) is 5.69 Å². The molecular formula is C24H18ClN3O4. The monoisotopic (exact) mass is 447 g/mol. The first kappa shape index (κ1) is 21.1. The van der Waals surface area contributed by atoms with Crippen LogP contribution in [0.4, 0.5) is 10.5 Å². The number of carbonyl (C=O) groups is 2. The highest BCUT2D eigenvalue weighted by Crippen LogP contribution is 2.21. The van der Waals surface area contributed by atoms with Gasteiger partial charge in [0.1, 0.15) is 0 Å². The van der Waals surface area contributed by atoms with Crippen molar-refractivity contribution in [1.29, 1.82) is 0 Å². The molecule has 7 nitrogen and oxygen atoms in total. The third-order valence-corrected chi connectivity index (χ3v) is 5.14. The van der Waals surface area contributed by atoms with E-state index in [1.54, 1.807) is 24.4 Å². The van der Waals surface area contributed by atoms with Crippen molar-refractivity contribution in [1.82, 2.24) is 9.88 Å². The second-order valence-corrected chi connectivity index (χ2v) is 7.48. The van der Waals surface area contributed by atoms with Crippen LogP contribution in [-0.4, -0.2) is 21.7 Å². The number of anilines is 1. The zero-order valence-electron chi connectivity index (χ0n) is 16.7. The summed E-state index contributed by atoms with van der Waals surface area (Å²) >= 11 is 6.16. The number of halogens is 1. The second-order valence-electron chi connectivity index (χ2n) is 7.04. The fourth-order valence-corrected chi connectivity index (χ4v) is 3.49. The molecule has 1 aromatic heterocycles. The number of aromatic nitrogens is 1. The van der Waals surface area contributed by atoms with E-state index in [0.29, 0.717) is 27.2 Å². The van der Waals surface area contributed by atoms with Crippen molar-refractivity contribution in [2.45, 2.75) is 6.54 Å². The summed E-state index contributed by atoms with van der Waals surface area (Å²) in [7, 11) is 0. The first-order valence-electron chi connectivity index (χ1n) is 9.70. The summed E-state index contributed by atoms with van der Waals surface area (Å²) in [6.07, 6.45) is 1.69. The van der Waals surface area contributed by atoms with Crippen molar-refractivity contribution in [3.63, 3.8) is 0 Å². The summed E-state index contributed by atoms with van der Waals surface area (Å²) in [6, 6.07) is 19.8. The molecule has 160 valence electrons. The minimum absolute atomic E-state index is 0.00325. The van der Waals surface area contributed by atoms with Gasteiger partial charge in [0, 0.05) is 40.1 Å². The zero-order valence-corrected chi connectivity index (χ0v) is 17.5. The predicted octanol–water partition coefficient (Wildman–Crippen LogP) is 4.66. The molecule has 32 heavy (non-hydrogen) atoms. The maximum atomic E-state index is 13.0. The van der Waals surface area contributed by atoms with Gasteiger partial charge in [0.05, 0.1) is 11.1 Å². The summed E-state index contributed by atoms with van der Waals surface area (Å²) in [4.78, 5) is 36.3. The molecule has 0 aliphatic carbocycles. The number of fused-ring (bicyclic) bond motifs is 1. The van der Waals surface area contributed by atoms with Crippen LogP contribution in [0.1, 0.15) is 15.9 Å². The largest absolute Gasteiger partial charge is 0.478 e. The molecule has 0 saturated heterocycles. The molecule has 4 rings (SSSR count). The number of rotatable bonds is 5. The molecule has 0 spiro atoms. The number of carbonyl (C=O) groups excluding carboxylic acids is 1. The van der Waals surface area contributed by atoms with Crippen LogP contribution >= 0.6 is 11.6 Å². The van der Waals surface area contributed by atoms with Crippen molar-refractivity contribution < 1.29 is 14.7 Å². The van der Waals surface area contributed by atoms with E-state index >= 15 is 0 Å². The number of carboxylic acid groups (broad SMARTS) is 1. The van der Waals surface area contributed by atoms with Gasteiger partial charge in [-0.25, -0.2) is 9.59 Å². The molecular weight excluding hydrogens is 430 g/mol. The van der Waals surface area contributed by atoms with Crippen LogP contribution in [0.2, 0.25) is 5.02 Å². The van der Waals surface area contributed by atoms with E-state index < -0.39 is 12.0 Å². The number of hydrogen-bond donors (Lipinski definition) is 3. The summed E-state index contributed by atoms with van der Waals surface area (Å²) in [5.41, 5.74) is 2.27. The maximum Gasteiger partial charge on any atom is 0.335 e. The number of amides is 2. The third kappa shape index (κ3) is 4.48. The number of benzene rings is 3. The van der Waals surface area contributed by atoms with E-state index in [1.807, 2.05) is 34.9 Å². The van der Waals surface area contributed by atoms with E-state index in [9.17, 15) is 14.4 Å². The summed E-state index contributed by atoms with van der Waals surface area (Å²) in [6.45, 7) is 0.00325. The Morgan fingerprint density at radius 3 is 2.38 bits per heavy atom. The number of carboxylic acids is 1. The normalized spacial score (nSPS) is 10.7. The second kappa shape index (κ2) is 8.95. The molecule has 3 N–H and O–H groups in total. The Morgan fingerprint density at radius 1 is 0.969 bits per heavy atom. The van der Waals surface area contributed by atoms with Crippen LogP contribution in [0.25, 0.3) is 16.6 Å². The fraction of sp³-hybridized carbons (Fsp3) is 0.0417. The number of nitrogens with zero attached hydrogens (tertiary/aromatic N) is 1. The standard InChI is InChI=1S/C24H18ClN3O4/c25-17-8-11-20-21(12-17)28(19-4-2-1-3-5-19)14-16(22(20)29)13-26-24(32)27-18-9-6-15(7-10-18)23(30)31/h1-12,14H,13H2,(H,30,31)(H2,26,27,32). The molecule has 0 aliphatic heterocycles. The highest BCUT2D eigenvalue weighted by atomic mass is 35.5. The zero-order chi connectivity index (χ0) is 22.7. The first-order chi connectivity index (χ1) is 15.4. The number of nitrogens with one attached hydrogen (secondary N) is 2. The third-order valence-electron chi connectivity index (χ3n) is 4.90. The van der Waals surface area contributed by atoms with Crippen molar-refractivity contribution in [3.05, 3.63) is 105 Å². The Labute approximate surface area is 187 Å². The van der Waals surface area contributed by atoms with Crippen LogP contribution in [0.5, 0.6) is 0 Å². The molecule has 4 aromatic rings. The topological polar surface area (TPSA) is 100 Å². The quantitative estimate of drug-likeness (QED) is 0.414. The number of para-hydroxylation sites is 1. The molecule has 2 amide bonds. The number of hydrogen-bond acceptors (Lipinski definition) is 3. The van der Waals surface area contributed by atoms with Crippen LogP contribution < -0.4 is 16.1 Å². The number of aromatic carboxylic acids is 1. The Balaban J connectivity index is 1.59. The smallest absolute Gasteiger partial charge is 0.335 e. The fourth-order valence-electron chi connectivity index (χ4n) is 3.33. The lowest BCUT2D eigenvalue weighted by atomic mass is 10.1. The highest BCUT2D eigenvalue weighted by molar-refractivity contribution is 6.31. The minimum atomic E-state index is -1.05. The average molecular weight is 448 g/mol. The van der Waals surface area contributed by atoms with Crippen molar-refractivity contribution in [3.8, 4) is 5.69 Å². The molecule has 3 aromatic carbocycles. The van der Waals surface area contributed by atoms with E-state index in [4.69, 9.17) is 16.7 Å². The van der Waals surface area contributed by atoms with Crippen LogP contribution in [0, 0.1) is 0 Å². The number of urea groups is 1. The molecule has 0 unspecified atom stereocenters. The van der Waals surface area contributed by atoms with Crippen molar-refractivity contribution in [2.75, 3.05) is 5.32 Å². The van der Waals surface area contributed by atoms with Gasteiger partial charge < -0.3 is 20.3 Å². The molecule has 0 fully saturated rings. The molecule has 8 heteroatoms. The summed E-state index contributed by atoms with van der Waals surface area (Å²) < 4.78 is 1.86. The lowest BCUT2D eigenvalue weighted by molar-refractivity contribution is 0.0697. The summed E-state index contributed by atoms with van der Waals surface area (Å²) in [5, 5.41) is 15.2. The molecule has 0 radical (unpaired) electrons. The van der Waals surface area contributed by atoms with Crippen LogP contribution in [0.3, 0.4) is 0 Å². The van der Waals surface area contributed by atoms with Crippen LogP contribution in [-0.2, 0) is 6.54 Å². The Morgan fingerprint density at radius 2 is 1.69 bits per heavy atom. The molecule has 0 bridgehead atoms. The maximum absolute atomic E-state index is 13.0. The molecule has 0 saturated carbocycles. The van der Waals surface area contributed by atoms with E-state index in [-0.39, 0.29) is 17.5 Å². The lowest BCUT2D eigenvalue weighted by Crippen LogP contribution is -2.30. The van der Waals surface area contributed by atoms with Crippen molar-refractivity contribution in [2.24, 2.45) is 0 Å². The lowest BCUT2D eigenvalue weighted by Gasteiger charge is -2.14. The van der Waals surface area contributed by atoms with E-state index in [1.165, 1.54) is 24.3 Å². The molecule has 0 atom stereocenters. The van der Waals surface area contributed by atoms with Gasteiger partial charge in [-0.15, -0.1) is 0 Å². The Hall–Kier alpha value is -4.10. The van der Waals surface area contributed by atoms with Gasteiger partial charge in [0.2, 0.25) is 0 Å². The number of pyridine rings is 1. The van der Waals surface area contributed by atoms with Gasteiger partial charge in [-0.05, 0) is 54.6 Å². The van der Waals surface area contributed by atoms with Gasteiger partial charge in [0.15, 0.2) is 5.43 Å². The van der Waals surface area contributed by atoms with Crippen LogP contribution in [0.15, 0.2) is 83.8 Å². The van der Waals surface area contributed by atoms with Gasteiger partial charge in [0.25, 0.3) is 0 Å². The van der Waals surface area contributed by atoms with Crippen molar-refractivity contribution >= 4 is 40.2 Å². The Bertz CT molecular complexity index is 1370. The van der Waals surface area contributed by atoms with Gasteiger partial charge in [-0.3, -0.25) is 4.79 Å². The summed E-state index contributed by atoms with van der Waals surface area (Å²) in [5.74, 6) is -1.05. The predicted molar refractivity (Wildman–Crippen MR) is 124 cm³/mol. The van der Waals surface area contributed by atoms with Gasteiger partial charge in [-0.1, -0.05) is 29.8 Å². The van der Waals surface area contributed by atoms with Gasteiger partial charge >= 0.3 is 12.0 Å². The minimum Gasteiger partial charge on any atom is -0.478 e.